The van der Waals surface area contributed by atoms with E-state index in [9.17, 15) is 9.18 Å². The van der Waals surface area contributed by atoms with E-state index in [0.29, 0.717) is 18.4 Å². The maximum atomic E-state index is 12.6. The lowest BCUT2D eigenvalue weighted by atomic mass is 10.0. The number of halogens is 1. The fraction of sp³-hybridized carbons (Fsp3) is 0.429. The summed E-state index contributed by atoms with van der Waals surface area (Å²) in [7, 11) is 0. The smallest absolute Gasteiger partial charge is 0.162 e. The van der Waals surface area contributed by atoms with Gasteiger partial charge in [0.2, 0.25) is 0 Å². The van der Waals surface area contributed by atoms with Crippen LogP contribution in [0.25, 0.3) is 0 Å². The highest BCUT2D eigenvalue weighted by molar-refractivity contribution is 5.95. The second-order valence-corrected chi connectivity index (χ2v) is 4.00. The first-order valence-electron chi connectivity index (χ1n) is 5.90. The van der Waals surface area contributed by atoms with Gasteiger partial charge in [0.1, 0.15) is 5.82 Å². The van der Waals surface area contributed by atoms with Gasteiger partial charge >= 0.3 is 0 Å². The number of carbonyl (C=O) groups is 1. The number of nitrogens with zero attached hydrogens (tertiary/aromatic N) is 1. The Kier molecular flexibility index (Phi) is 5.95. The van der Waals surface area contributed by atoms with E-state index >= 15 is 0 Å². The van der Waals surface area contributed by atoms with Crippen LogP contribution in [0.4, 0.5) is 4.39 Å². The molecule has 17 heavy (non-hydrogen) atoms. The molecule has 2 nitrogen and oxygen atoms in total. The number of rotatable bonds is 7. The van der Waals surface area contributed by atoms with E-state index in [-0.39, 0.29) is 11.6 Å². The fourth-order valence-corrected chi connectivity index (χ4v) is 1.62. The minimum absolute atomic E-state index is 0.0604. The number of hydrogen-bond acceptors (Lipinski definition) is 2. The maximum absolute atomic E-state index is 12.6. The van der Waals surface area contributed by atoms with E-state index in [0.717, 1.165) is 25.7 Å². The Hall–Kier alpha value is -1.69. The van der Waals surface area contributed by atoms with Crippen LogP contribution in [-0.2, 0) is 0 Å². The SMILES string of the molecule is N#CCCCCCCC(=O)c1ccc(F)cc1. The van der Waals surface area contributed by atoms with Gasteiger partial charge in [0.05, 0.1) is 6.07 Å². The molecule has 0 aromatic heterocycles. The molecule has 1 rings (SSSR count). The van der Waals surface area contributed by atoms with Crippen LogP contribution in [-0.4, -0.2) is 5.78 Å². The molecule has 0 aliphatic heterocycles. The number of carbonyl (C=O) groups excluding carboxylic acids is 1. The molecule has 0 saturated heterocycles. The number of Topliss-reactive ketones (excluding diaryl/α,β-unsaturated/α-hetero) is 1. The molecule has 0 aliphatic carbocycles. The largest absolute Gasteiger partial charge is 0.294 e. The zero-order chi connectivity index (χ0) is 12.5. The maximum Gasteiger partial charge on any atom is 0.162 e. The zero-order valence-electron chi connectivity index (χ0n) is 9.79. The molecule has 0 bridgehead atoms. The molecule has 0 atom stereocenters. The first kappa shape index (κ1) is 13.4. The van der Waals surface area contributed by atoms with Crippen molar-refractivity contribution in [1.29, 1.82) is 5.26 Å². The van der Waals surface area contributed by atoms with Gasteiger partial charge in [0.15, 0.2) is 5.78 Å². The summed E-state index contributed by atoms with van der Waals surface area (Å²) in [5.41, 5.74) is 0.573. The minimum atomic E-state index is -0.321. The lowest BCUT2D eigenvalue weighted by Crippen LogP contribution is -1.98. The second kappa shape index (κ2) is 7.56. The summed E-state index contributed by atoms with van der Waals surface area (Å²) in [6.45, 7) is 0. The van der Waals surface area contributed by atoms with Crippen LogP contribution < -0.4 is 0 Å². The molecule has 0 unspecified atom stereocenters. The third kappa shape index (κ3) is 5.26. The summed E-state index contributed by atoms with van der Waals surface area (Å²) in [6.07, 6.45) is 4.78. The molecule has 0 radical (unpaired) electrons. The summed E-state index contributed by atoms with van der Waals surface area (Å²) in [6, 6.07) is 7.75. The molecule has 0 fully saturated rings. The van der Waals surface area contributed by atoms with Gasteiger partial charge < -0.3 is 0 Å². The quantitative estimate of drug-likeness (QED) is 0.529. The van der Waals surface area contributed by atoms with E-state index in [4.69, 9.17) is 5.26 Å². The number of nitriles is 1. The Morgan fingerprint density at radius 3 is 2.41 bits per heavy atom. The molecule has 0 amide bonds. The highest BCUT2D eigenvalue weighted by Crippen LogP contribution is 2.10. The Balaban J connectivity index is 2.21. The highest BCUT2D eigenvalue weighted by atomic mass is 19.1. The molecular weight excluding hydrogens is 217 g/mol. The Labute approximate surface area is 101 Å². The molecule has 3 heteroatoms. The number of hydrogen-bond donors (Lipinski definition) is 0. The average Bonchev–Trinajstić information content (AvgIpc) is 2.34. The summed E-state index contributed by atoms with van der Waals surface area (Å²) >= 11 is 0. The number of benzene rings is 1. The van der Waals surface area contributed by atoms with Gasteiger partial charge in [-0.05, 0) is 37.1 Å². The molecule has 0 spiro atoms. The monoisotopic (exact) mass is 233 g/mol. The molecule has 1 aromatic rings. The van der Waals surface area contributed by atoms with Crippen molar-refractivity contribution in [2.24, 2.45) is 0 Å². The molecule has 0 aliphatic rings. The van der Waals surface area contributed by atoms with Gasteiger partial charge in [-0.3, -0.25) is 4.79 Å². The lowest BCUT2D eigenvalue weighted by Gasteiger charge is -2.01. The van der Waals surface area contributed by atoms with Crippen molar-refractivity contribution in [3.05, 3.63) is 35.6 Å². The van der Waals surface area contributed by atoms with Gasteiger partial charge in [-0.25, -0.2) is 4.39 Å². The summed E-state index contributed by atoms with van der Waals surface area (Å²) < 4.78 is 12.6. The second-order valence-electron chi connectivity index (χ2n) is 4.00. The molecule has 0 heterocycles. The van der Waals surface area contributed by atoms with Crippen molar-refractivity contribution in [2.45, 2.75) is 38.5 Å². The zero-order valence-corrected chi connectivity index (χ0v) is 9.79. The molecule has 0 N–H and O–H groups in total. The van der Waals surface area contributed by atoms with Crippen molar-refractivity contribution < 1.29 is 9.18 Å². The van der Waals surface area contributed by atoms with Gasteiger partial charge in [0, 0.05) is 18.4 Å². The van der Waals surface area contributed by atoms with Crippen LogP contribution in [0.5, 0.6) is 0 Å². The van der Waals surface area contributed by atoms with E-state index in [2.05, 4.69) is 6.07 Å². The first-order chi connectivity index (χ1) is 8.24. The standard InChI is InChI=1S/C14H16FNO/c15-13-9-7-12(8-10-13)14(17)6-4-2-1-3-5-11-16/h7-10H,1-6H2. The van der Waals surface area contributed by atoms with Crippen LogP contribution in [0.15, 0.2) is 24.3 Å². The van der Waals surface area contributed by atoms with Gasteiger partial charge in [0.25, 0.3) is 0 Å². The predicted molar refractivity (Wildman–Crippen MR) is 64.0 cm³/mol. The minimum Gasteiger partial charge on any atom is -0.294 e. The summed E-state index contributed by atoms with van der Waals surface area (Å²) in [5, 5.41) is 8.35. The topological polar surface area (TPSA) is 40.9 Å². The third-order valence-electron chi connectivity index (χ3n) is 2.61. The van der Waals surface area contributed by atoms with Crippen LogP contribution in [0, 0.1) is 17.1 Å². The number of ketones is 1. The highest BCUT2D eigenvalue weighted by Gasteiger charge is 2.05. The van der Waals surface area contributed by atoms with E-state index < -0.39 is 0 Å². The van der Waals surface area contributed by atoms with Gasteiger partial charge in [-0.2, -0.15) is 5.26 Å². The molecule has 90 valence electrons. The normalized spacial score (nSPS) is 9.88. The first-order valence-corrected chi connectivity index (χ1v) is 5.90. The van der Waals surface area contributed by atoms with Crippen LogP contribution in [0.2, 0.25) is 0 Å². The summed E-state index contributed by atoms with van der Waals surface area (Å²) in [5.74, 6) is -0.261. The van der Waals surface area contributed by atoms with Crippen LogP contribution in [0.1, 0.15) is 48.9 Å². The van der Waals surface area contributed by atoms with E-state index in [1.807, 2.05) is 0 Å². The van der Waals surface area contributed by atoms with Crippen LogP contribution >= 0.6 is 0 Å². The molecule has 1 aromatic carbocycles. The van der Waals surface area contributed by atoms with Crippen molar-refractivity contribution >= 4 is 5.78 Å². The molecule has 0 saturated carbocycles. The van der Waals surface area contributed by atoms with Crippen molar-refractivity contribution in [1.82, 2.24) is 0 Å². The Bertz CT molecular complexity index is 392. The predicted octanol–water partition coefficient (Wildman–Crippen LogP) is 3.87. The van der Waals surface area contributed by atoms with E-state index in [1.165, 1.54) is 24.3 Å². The third-order valence-corrected chi connectivity index (χ3v) is 2.61. The van der Waals surface area contributed by atoms with Crippen LogP contribution in [0.3, 0.4) is 0 Å². The van der Waals surface area contributed by atoms with Gasteiger partial charge in [-0.1, -0.05) is 12.8 Å². The summed E-state index contributed by atoms with van der Waals surface area (Å²) in [4.78, 5) is 11.7. The Morgan fingerprint density at radius 2 is 1.76 bits per heavy atom. The Morgan fingerprint density at radius 1 is 1.12 bits per heavy atom. The van der Waals surface area contributed by atoms with E-state index in [1.54, 1.807) is 0 Å². The fourth-order valence-electron chi connectivity index (χ4n) is 1.62. The van der Waals surface area contributed by atoms with Crippen molar-refractivity contribution in [2.75, 3.05) is 0 Å². The van der Waals surface area contributed by atoms with Crippen molar-refractivity contribution in [3.8, 4) is 6.07 Å². The lowest BCUT2D eigenvalue weighted by molar-refractivity contribution is 0.0979. The number of unbranched alkanes of at least 4 members (excludes halogenated alkanes) is 4. The molecular formula is C14H16FNO. The average molecular weight is 233 g/mol. The van der Waals surface area contributed by atoms with Gasteiger partial charge in [-0.15, -0.1) is 0 Å². The van der Waals surface area contributed by atoms with Crippen molar-refractivity contribution in [3.63, 3.8) is 0 Å².